The standard InChI is InChI=1S/C23H23N3O6/c1-32-20(29)18(10-13-2-6-17(27)7-3-13)24-19(28)15-4-5-16-12-23(9-8-14(16)11-15)21(30)25-22(31)26-23/h2-7,11,18,27H,8-10,12H2,1H3,(H,24,28)(H2,25,26,30,31)/t18-,23?/m1/s1. The Morgan fingerprint density at radius 2 is 1.91 bits per heavy atom. The van der Waals surface area contributed by atoms with Gasteiger partial charge in [0.1, 0.15) is 17.3 Å². The average molecular weight is 437 g/mol. The SMILES string of the molecule is COC(=O)[C@@H](Cc1ccc(O)cc1)NC(=O)c1ccc2c(c1)CCC1(C2)NC(=O)NC1=O. The second-order valence-electron chi connectivity index (χ2n) is 8.07. The number of methoxy groups -OCH3 is 1. The first-order valence-corrected chi connectivity index (χ1v) is 10.2. The van der Waals surface area contributed by atoms with Crippen molar-refractivity contribution in [1.29, 1.82) is 0 Å². The predicted molar refractivity (Wildman–Crippen MR) is 113 cm³/mol. The summed E-state index contributed by atoms with van der Waals surface area (Å²) in [6.45, 7) is 0. The van der Waals surface area contributed by atoms with Crippen LogP contribution < -0.4 is 16.0 Å². The monoisotopic (exact) mass is 437 g/mol. The van der Waals surface area contributed by atoms with Gasteiger partial charge in [0, 0.05) is 18.4 Å². The highest BCUT2D eigenvalue weighted by atomic mass is 16.5. The summed E-state index contributed by atoms with van der Waals surface area (Å²) in [7, 11) is 1.25. The number of aromatic hydroxyl groups is 1. The molecular formula is C23H23N3O6. The number of carbonyl (C=O) groups excluding carboxylic acids is 4. The number of rotatable bonds is 5. The Morgan fingerprint density at radius 1 is 1.16 bits per heavy atom. The van der Waals surface area contributed by atoms with Crippen LogP contribution >= 0.6 is 0 Å². The number of ether oxygens (including phenoxy) is 1. The number of hydrogen-bond donors (Lipinski definition) is 4. The highest BCUT2D eigenvalue weighted by Gasteiger charge is 2.47. The molecule has 32 heavy (non-hydrogen) atoms. The predicted octanol–water partition coefficient (Wildman–Crippen LogP) is 0.973. The van der Waals surface area contributed by atoms with E-state index in [-0.39, 0.29) is 18.1 Å². The van der Waals surface area contributed by atoms with E-state index in [0.717, 1.165) is 16.7 Å². The van der Waals surface area contributed by atoms with E-state index in [1.807, 2.05) is 0 Å². The molecule has 0 bridgehead atoms. The highest BCUT2D eigenvalue weighted by Crippen LogP contribution is 2.31. The first-order chi connectivity index (χ1) is 15.3. The number of imide groups is 1. The fraction of sp³-hybridized carbons (Fsp3) is 0.304. The third-order valence-electron chi connectivity index (χ3n) is 5.96. The van der Waals surface area contributed by atoms with Crippen molar-refractivity contribution in [1.82, 2.24) is 16.0 Å². The minimum Gasteiger partial charge on any atom is -0.508 e. The van der Waals surface area contributed by atoms with Crippen LogP contribution in [-0.2, 0) is 33.6 Å². The molecule has 1 aliphatic carbocycles. The molecule has 1 fully saturated rings. The minimum absolute atomic E-state index is 0.109. The summed E-state index contributed by atoms with van der Waals surface area (Å²) in [5.41, 5.74) is 2.02. The van der Waals surface area contributed by atoms with Crippen LogP contribution in [-0.4, -0.2) is 47.6 Å². The quantitative estimate of drug-likeness (QED) is 0.407. The van der Waals surface area contributed by atoms with Crippen LogP contribution in [0, 0.1) is 0 Å². The van der Waals surface area contributed by atoms with Crippen LogP contribution in [0.2, 0.25) is 0 Å². The van der Waals surface area contributed by atoms with E-state index in [9.17, 15) is 24.3 Å². The normalized spacial score (nSPS) is 20.2. The number of hydrogen-bond acceptors (Lipinski definition) is 6. The summed E-state index contributed by atoms with van der Waals surface area (Å²) < 4.78 is 4.83. The number of fused-ring (bicyclic) bond motifs is 1. The third kappa shape index (κ3) is 4.14. The largest absolute Gasteiger partial charge is 0.508 e. The van der Waals surface area contributed by atoms with Crippen LogP contribution in [0.4, 0.5) is 4.79 Å². The van der Waals surface area contributed by atoms with Crippen molar-refractivity contribution in [3.05, 3.63) is 64.7 Å². The number of nitrogens with one attached hydrogen (secondary N) is 3. The molecule has 2 aromatic rings. The molecule has 2 aliphatic rings. The minimum atomic E-state index is -0.937. The van der Waals surface area contributed by atoms with Gasteiger partial charge in [-0.3, -0.25) is 14.9 Å². The van der Waals surface area contributed by atoms with E-state index in [4.69, 9.17) is 4.74 Å². The van der Waals surface area contributed by atoms with Gasteiger partial charge in [-0.25, -0.2) is 9.59 Å². The summed E-state index contributed by atoms with van der Waals surface area (Å²) in [5.74, 6) is -1.22. The molecule has 4 rings (SSSR count). The second kappa shape index (κ2) is 8.33. The van der Waals surface area contributed by atoms with Crippen LogP contribution in [0.15, 0.2) is 42.5 Å². The highest BCUT2D eigenvalue weighted by molar-refractivity contribution is 6.07. The van der Waals surface area contributed by atoms with Gasteiger partial charge in [0.25, 0.3) is 11.8 Å². The Bertz CT molecular complexity index is 1100. The lowest BCUT2D eigenvalue weighted by Crippen LogP contribution is -2.51. The van der Waals surface area contributed by atoms with Gasteiger partial charge < -0.3 is 20.5 Å². The van der Waals surface area contributed by atoms with E-state index in [0.29, 0.717) is 24.8 Å². The Morgan fingerprint density at radius 3 is 2.56 bits per heavy atom. The number of amides is 4. The van der Waals surface area contributed by atoms with Gasteiger partial charge in [0.15, 0.2) is 0 Å². The molecule has 2 aromatic carbocycles. The van der Waals surface area contributed by atoms with Gasteiger partial charge >= 0.3 is 12.0 Å². The van der Waals surface area contributed by atoms with E-state index in [2.05, 4.69) is 16.0 Å². The fourth-order valence-corrected chi connectivity index (χ4v) is 4.21. The molecular weight excluding hydrogens is 414 g/mol. The maximum absolute atomic E-state index is 12.9. The van der Waals surface area contributed by atoms with E-state index in [1.165, 1.54) is 19.2 Å². The number of benzene rings is 2. The van der Waals surface area contributed by atoms with E-state index in [1.54, 1.807) is 30.3 Å². The van der Waals surface area contributed by atoms with Crippen molar-refractivity contribution >= 4 is 23.8 Å². The van der Waals surface area contributed by atoms with E-state index < -0.39 is 29.5 Å². The van der Waals surface area contributed by atoms with Crippen molar-refractivity contribution < 1.29 is 29.0 Å². The Labute approximate surface area is 184 Å². The fourth-order valence-electron chi connectivity index (χ4n) is 4.21. The zero-order chi connectivity index (χ0) is 22.9. The number of urea groups is 1. The molecule has 1 unspecified atom stereocenters. The van der Waals surface area contributed by atoms with Crippen molar-refractivity contribution in [3.63, 3.8) is 0 Å². The second-order valence-corrected chi connectivity index (χ2v) is 8.07. The summed E-state index contributed by atoms with van der Waals surface area (Å²) >= 11 is 0. The lowest BCUT2D eigenvalue weighted by molar-refractivity contribution is -0.142. The molecule has 4 N–H and O–H groups in total. The molecule has 4 amide bonds. The number of esters is 1. The molecule has 1 heterocycles. The molecule has 166 valence electrons. The maximum atomic E-state index is 12.9. The molecule has 0 radical (unpaired) electrons. The average Bonchev–Trinajstić information content (AvgIpc) is 3.05. The lowest BCUT2D eigenvalue weighted by Gasteiger charge is -2.32. The van der Waals surface area contributed by atoms with Gasteiger partial charge in [-0.1, -0.05) is 18.2 Å². The molecule has 1 aliphatic heterocycles. The zero-order valence-electron chi connectivity index (χ0n) is 17.4. The van der Waals surface area contributed by atoms with Crippen molar-refractivity contribution in [2.75, 3.05) is 7.11 Å². The number of aryl methyl sites for hydroxylation is 1. The number of phenolic OH excluding ortho intramolecular Hbond substituents is 1. The van der Waals surface area contributed by atoms with Gasteiger partial charge in [-0.2, -0.15) is 0 Å². The Balaban J connectivity index is 1.49. The van der Waals surface area contributed by atoms with Crippen molar-refractivity contribution in [3.8, 4) is 5.75 Å². The first kappa shape index (κ1) is 21.4. The van der Waals surface area contributed by atoms with Crippen LogP contribution in [0.25, 0.3) is 0 Å². The van der Waals surface area contributed by atoms with Crippen molar-refractivity contribution in [2.45, 2.75) is 37.3 Å². The Kier molecular flexibility index (Phi) is 5.56. The van der Waals surface area contributed by atoms with E-state index >= 15 is 0 Å². The van der Waals surface area contributed by atoms with Crippen LogP contribution in [0.5, 0.6) is 5.75 Å². The molecule has 1 spiro atoms. The summed E-state index contributed by atoms with van der Waals surface area (Å²) in [6.07, 6.45) is 1.53. The molecule has 9 heteroatoms. The number of phenols is 1. The van der Waals surface area contributed by atoms with Gasteiger partial charge in [-0.15, -0.1) is 0 Å². The lowest BCUT2D eigenvalue weighted by atomic mass is 9.77. The van der Waals surface area contributed by atoms with Crippen LogP contribution in [0.1, 0.15) is 33.5 Å². The molecule has 9 nitrogen and oxygen atoms in total. The summed E-state index contributed by atoms with van der Waals surface area (Å²) in [6, 6.07) is 10.1. The molecule has 2 atom stereocenters. The van der Waals surface area contributed by atoms with Gasteiger partial charge in [-0.05, 0) is 53.8 Å². The van der Waals surface area contributed by atoms with Crippen LogP contribution in [0.3, 0.4) is 0 Å². The van der Waals surface area contributed by atoms with Gasteiger partial charge in [0.2, 0.25) is 0 Å². The Hall–Kier alpha value is -3.88. The molecule has 0 aromatic heterocycles. The maximum Gasteiger partial charge on any atom is 0.328 e. The number of carbonyl (C=O) groups is 4. The molecule has 1 saturated heterocycles. The molecule has 0 saturated carbocycles. The summed E-state index contributed by atoms with van der Waals surface area (Å²) in [4.78, 5) is 48.9. The summed E-state index contributed by atoms with van der Waals surface area (Å²) in [5, 5.41) is 17.2. The topological polar surface area (TPSA) is 134 Å². The third-order valence-corrected chi connectivity index (χ3v) is 5.96. The smallest absolute Gasteiger partial charge is 0.328 e. The zero-order valence-corrected chi connectivity index (χ0v) is 17.4. The first-order valence-electron chi connectivity index (χ1n) is 10.2. The van der Waals surface area contributed by atoms with Gasteiger partial charge in [0.05, 0.1) is 7.11 Å². The van der Waals surface area contributed by atoms with Crippen molar-refractivity contribution in [2.24, 2.45) is 0 Å².